The highest BCUT2D eigenvalue weighted by Gasteiger charge is 2.11. The fraction of sp³-hybridized carbons (Fsp3) is 0.308. The molecule has 0 aliphatic heterocycles. The van der Waals surface area contributed by atoms with Gasteiger partial charge in [-0.25, -0.2) is 4.98 Å². The van der Waals surface area contributed by atoms with Crippen molar-refractivity contribution >= 4 is 0 Å². The highest BCUT2D eigenvalue weighted by molar-refractivity contribution is 5.62. The standard InChI is InChI=1S/C13H15NO2/c1-3-12-13(14-9(2)16-12)11-6-4-5-10(7-11)8-15/h4-7,15H,3,8H2,1-2H3. The van der Waals surface area contributed by atoms with Crippen LogP contribution in [0.15, 0.2) is 28.7 Å². The molecule has 1 heterocycles. The molecule has 2 rings (SSSR count). The van der Waals surface area contributed by atoms with Crippen molar-refractivity contribution in [3.05, 3.63) is 41.5 Å². The lowest BCUT2D eigenvalue weighted by Gasteiger charge is -2.01. The van der Waals surface area contributed by atoms with Crippen molar-refractivity contribution in [2.45, 2.75) is 26.9 Å². The number of aliphatic hydroxyl groups excluding tert-OH is 1. The third kappa shape index (κ3) is 1.99. The van der Waals surface area contributed by atoms with E-state index in [-0.39, 0.29) is 6.61 Å². The summed E-state index contributed by atoms with van der Waals surface area (Å²) in [7, 11) is 0. The van der Waals surface area contributed by atoms with E-state index < -0.39 is 0 Å². The first-order valence-corrected chi connectivity index (χ1v) is 5.41. The summed E-state index contributed by atoms with van der Waals surface area (Å²) >= 11 is 0. The quantitative estimate of drug-likeness (QED) is 0.859. The van der Waals surface area contributed by atoms with Crippen molar-refractivity contribution < 1.29 is 9.52 Å². The van der Waals surface area contributed by atoms with Gasteiger partial charge in [0.15, 0.2) is 5.89 Å². The Balaban J connectivity index is 2.48. The first kappa shape index (κ1) is 10.9. The van der Waals surface area contributed by atoms with Crippen LogP contribution in [0.1, 0.15) is 24.1 Å². The third-order valence-electron chi connectivity index (χ3n) is 2.51. The number of aryl methyl sites for hydroxylation is 2. The molecule has 16 heavy (non-hydrogen) atoms. The third-order valence-corrected chi connectivity index (χ3v) is 2.51. The molecule has 0 amide bonds. The molecule has 0 saturated carbocycles. The van der Waals surface area contributed by atoms with Gasteiger partial charge in [-0.1, -0.05) is 25.1 Å². The van der Waals surface area contributed by atoms with E-state index in [1.54, 1.807) is 0 Å². The SMILES string of the molecule is CCc1oc(C)nc1-c1cccc(CO)c1. The Morgan fingerprint density at radius 3 is 2.88 bits per heavy atom. The van der Waals surface area contributed by atoms with Gasteiger partial charge >= 0.3 is 0 Å². The van der Waals surface area contributed by atoms with Crippen LogP contribution < -0.4 is 0 Å². The molecule has 2 aromatic rings. The van der Waals surface area contributed by atoms with Crippen molar-refractivity contribution in [3.63, 3.8) is 0 Å². The van der Waals surface area contributed by atoms with Gasteiger partial charge in [-0.15, -0.1) is 0 Å². The van der Waals surface area contributed by atoms with Gasteiger partial charge in [-0.3, -0.25) is 0 Å². The molecule has 3 heteroatoms. The maximum Gasteiger partial charge on any atom is 0.191 e. The van der Waals surface area contributed by atoms with Gasteiger partial charge in [0.05, 0.1) is 6.61 Å². The predicted octanol–water partition coefficient (Wildman–Crippen LogP) is 2.70. The Morgan fingerprint density at radius 2 is 2.19 bits per heavy atom. The van der Waals surface area contributed by atoms with E-state index in [9.17, 15) is 0 Å². The maximum atomic E-state index is 9.10. The minimum atomic E-state index is 0.0477. The molecule has 0 fully saturated rings. The summed E-state index contributed by atoms with van der Waals surface area (Å²) in [6.07, 6.45) is 0.819. The molecule has 0 saturated heterocycles. The number of rotatable bonds is 3. The number of nitrogens with zero attached hydrogens (tertiary/aromatic N) is 1. The van der Waals surface area contributed by atoms with Crippen LogP contribution in [0, 0.1) is 6.92 Å². The number of aromatic nitrogens is 1. The second-order valence-electron chi connectivity index (χ2n) is 3.72. The lowest BCUT2D eigenvalue weighted by atomic mass is 10.1. The van der Waals surface area contributed by atoms with E-state index in [1.165, 1.54) is 0 Å². The van der Waals surface area contributed by atoms with E-state index in [0.29, 0.717) is 5.89 Å². The largest absolute Gasteiger partial charge is 0.445 e. The van der Waals surface area contributed by atoms with Gasteiger partial charge in [0, 0.05) is 18.9 Å². The van der Waals surface area contributed by atoms with Crippen molar-refractivity contribution in [1.82, 2.24) is 4.98 Å². The van der Waals surface area contributed by atoms with E-state index in [1.807, 2.05) is 38.1 Å². The number of oxazole rings is 1. The number of hydrogen-bond donors (Lipinski definition) is 1. The molecule has 0 aliphatic rings. The summed E-state index contributed by atoms with van der Waals surface area (Å²) in [4.78, 5) is 4.38. The van der Waals surface area contributed by atoms with E-state index in [0.717, 1.165) is 29.0 Å². The summed E-state index contributed by atoms with van der Waals surface area (Å²) in [5.74, 6) is 1.58. The molecule has 1 aromatic carbocycles. The van der Waals surface area contributed by atoms with Crippen molar-refractivity contribution in [2.24, 2.45) is 0 Å². The van der Waals surface area contributed by atoms with E-state index >= 15 is 0 Å². The van der Waals surface area contributed by atoms with Gasteiger partial charge in [-0.2, -0.15) is 0 Å². The lowest BCUT2D eigenvalue weighted by Crippen LogP contribution is -1.87. The molecule has 1 aromatic heterocycles. The zero-order valence-corrected chi connectivity index (χ0v) is 9.53. The van der Waals surface area contributed by atoms with Crippen LogP contribution in [0.2, 0.25) is 0 Å². The van der Waals surface area contributed by atoms with Crippen molar-refractivity contribution in [1.29, 1.82) is 0 Å². The van der Waals surface area contributed by atoms with Crippen LogP contribution in [-0.2, 0) is 13.0 Å². The Morgan fingerprint density at radius 1 is 1.38 bits per heavy atom. The molecule has 0 unspecified atom stereocenters. The monoisotopic (exact) mass is 217 g/mol. The molecule has 0 aliphatic carbocycles. The Hall–Kier alpha value is -1.61. The Kier molecular flexibility index (Phi) is 3.06. The summed E-state index contributed by atoms with van der Waals surface area (Å²) in [6, 6.07) is 7.73. The average Bonchev–Trinajstić information content (AvgIpc) is 2.70. The zero-order valence-electron chi connectivity index (χ0n) is 9.53. The van der Waals surface area contributed by atoms with Gasteiger partial charge in [0.1, 0.15) is 11.5 Å². The van der Waals surface area contributed by atoms with Gasteiger partial charge in [-0.05, 0) is 11.6 Å². The summed E-state index contributed by atoms with van der Waals surface area (Å²) in [6.45, 7) is 3.93. The number of hydrogen-bond acceptors (Lipinski definition) is 3. The maximum absolute atomic E-state index is 9.10. The van der Waals surface area contributed by atoms with Crippen molar-refractivity contribution in [3.8, 4) is 11.3 Å². The van der Waals surface area contributed by atoms with Crippen LogP contribution in [0.3, 0.4) is 0 Å². The first-order chi connectivity index (χ1) is 7.74. The lowest BCUT2D eigenvalue weighted by molar-refractivity contribution is 0.282. The fourth-order valence-electron chi connectivity index (χ4n) is 1.75. The topological polar surface area (TPSA) is 46.3 Å². The highest BCUT2D eigenvalue weighted by atomic mass is 16.4. The Bertz CT molecular complexity index is 488. The first-order valence-electron chi connectivity index (χ1n) is 5.41. The van der Waals surface area contributed by atoms with Gasteiger partial charge in [0.2, 0.25) is 0 Å². The molecular weight excluding hydrogens is 202 g/mol. The number of aliphatic hydroxyl groups is 1. The van der Waals surface area contributed by atoms with Crippen LogP contribution in [-0.4, -0.2) is 10.1 Å². The smallest absolute Gasteiger partial charge is 0.191 e. The molecule has 84 valence electrons. The van der Waals surface area contributed by atoms with E-state index in [4.69, 9.17) is 9.52 Å². The van der Waals surface area contributed by atoms with Crippen LogP contribution in [0.5, 0.6) is 0 Å². The molecule has 0 atom stereocenters. The normalized spacial score (nSPS) is 10.7. The summed E-state index contributed by atoms with van der Waals surface area (Å²) in [5.41, 5.74) is 2.77. The summed E-state index contributed by atoms with van der Waals surface area (Å²) < 4.78 is 5.52. The average molecular weight is 217 g/mol. The highest BCUT2D eigenvalue weighted by Crippen LogP contribution is 2.25. The number of benzene rings is 1. The molecular formula is C13H15NO2. The molecule has 1 N–H and O–H groups in total. The molecule has 0 radical (unpaired) electrons. The second-order valence-corrected chi connectivity index (χ2v) is 3.72. The van der Waals surface area contributed by atoms with Crippen LogP contribution in [0.4, 0.5) is 0 Å². The molecule has 3 nitrogen and oxygen atoms in total. The fourth-order valence-corrected chi connectivity index (χ4v) is 1.75. The molecule has 0 spiro atoms. The Labute approximate surface area is 94.8 Å². The predicted molar refractivity (Wildman–Crippen MR) is 62.0 cm³/mol. The summed E-state index contributed by atoms with van der Waals surface area (Å²) in [5, 5.41) is 9.10. The second kappa shape index (κ2) is 4.49. The minimum Gasteiger partial charge on any atom is -0.445 e. The van der Waals surface area contributed by atoms with E-state index in [2.05, 4.69) is 4.98 Å². The van der Waals surface area contributed by atoms with Crippen molar-refractivity contribution in [2.75, 3.05) is 0 Å². The van der Waals surface area contributed by atoms with Gasteiger partial charge in [0.25, 0.3) is 0 Å². The van der Waals surface area contributed by atoms with Crippen LogP contribution in [0.25, 0.3) is 11.3 Å². The van der Waals surface area contributed by atoms with Gasteiger partial charge < -0.3 is 9.52 Å². The zero-order chi connectivity index (χ0) is 11.5. The minimum absolute atomic E-state index is 0.0477. The molecule has 0 bridgehead atoms. The van der Waals surface area contributed by atoms with Crippen LogP contribution >= 0.6 is 0 Å².